The van der Waals surface area contributed by atoms with E-state index in [1.807, 2.05) is 24.6 Å². The molecule has 2 aromatic rings. The topological polar surface area (TPSA) is 41.9 Å². The summed E-state index contributed by atoms with van der Waals surface area (Å²) in [4.78, 5) is 1.26. The highest BCUT2D eigenvalue weighted by Crippen LogP contribution is 2.21. The Hall–Kier alpha value is -0.950. The lowest BCUT2D eigenvalue weighted by Crippen LogP contribution is -3.00. The van der Waals surface area contributed by atoms with Gasteiger partial charge in [-0.2, -0.15) is 0 Å². The molecule has 5 heteroatoms. The van der Waals surface area contributed by atoms with Gasteiger partial charge in [0.25, 0.3) is 5.82 Å². The molecule has 0 atom stereocenters. The molecule has 1 aromatic carbocycles. The van der Waals surface area contributed by atoms with Crippen molar-refractivity contribution >= 4 is 29.0 Å². The van der Waals surface area contributed by atoms with E-state index in [4.69, 9.17) is 5.73 Å². The van der Waals surface area contributed by atoms with Crippen LogP contribution < -0.4 is 39.6 Å². The van der Waals surface area contributed by atoms with Gasteiger partial charge < -0.3 is 29.3 Å². The summed E-state index contributed by atoms with van der Waals surface area (Å²) in [5.74, 6) is 0.748. The predicted octanol–water partition coefficient (Wildman–Crippen LogP) is -0.129. The van der Waals surface area contributed by atoms with Crippen molar-refractivity contribution in [2.24, 2.45) is 7.05 Å². The average molecular weight is 387 g/mol. The Morgan fingerprint density at radius 1 is 1.11 bits per heavy atom. The Balaban J connectivity index is 0.00000180. The molecule has 0 radical (unpaired) electrons. The molecule has 1 aromatic heterocycles. The van der Waals surface area contributed by atoms with Crippen LogP contribution in [0.1, 0.15) is 5.69 Å². The number of hydrogen-bond acceptors (Lipinski definition) is 3. The van der Waals surface area contributed by atoms with Crippen molar-refractivity contribution in [1.82, 2.24) is 0 Å². The van der Waals surface area contributed by atoms with E-state index >= 15 is 0 Å². The molecular formula is C14H18IN3S. The van der Waals surface area contributed by atoms with Gasteiger partial charge in [-0.15, -0.1) is 11.8 Å². The van der Waals surface area contributed by atoms with Crippen molar-refractivity contribution in [2.45, 2.75) is 11.8 Å². The first-order chi connectivity index (χ1) is 8.60. The van der Waals surface area contributed by atoms with E-state index < -0.39 is 0 Å². The molecule has 3 nitrogen and oxygen atoms in total. The molecule has 0 saturated carbocycles. The molecule has 102 valence electrons. The second kappa shape index (κ2) is 7.00. The number of aromatic nitrogens is 1. The van der Waals surface area contributed by atoms with Gasteiger partial charge in [-0.05, 0) is 37.4 Å². The second-order valence-corrected chi connectivity index (χ2v) is 5.10. The van der Waals surface area contributed by atoms with E-state index in [2.05, 4.69) is 41.9 Å². The Bertz CT molecular complexity index is 532. The first-order valence-electron chi connectivity index (χ1n) is 5.77. The van der Waals surface area contributed by atoms with Gasteiger partial charge in [0.1, 0.15) is 5.69 Å². The third-order valence-electron chi connectivity index (χ3n) is 2.96. The Morgan fingerprint density at radius 2 is 1.74 bits per heavy atom. The maximum atomic E-state index is 5.94. The Labute approximate surface area is 135 Å². The van der Waals surface area contributed by atoms with Crippen LogP contribution in [0.4, 0.5) is 17.2 Å². The number of nitrogens with one attached hydrogen (secondary N) is 1. The van der Waals surface area contributed by atoms with Crippen LogP contribution in [0.2, 0.25) is 0 Å². The number of benzene rings is 1. The first kappa shape index (κ1) is 16.1. The molecule has 0 aliphatic rings. The summed E-state index contributed by atoms with van der Waals surface area (Å²) in [7, 11) is 1.96. The van der Waals surface area contributed by atoms with Gasteiger partial charge >= 0.3 is 0 Å². The van der Waals surface area contributed by atoms with Crippen molar-refractivity contribution in [3.8, 4) is 0 Å². The molecule has 0 bridgehead atoms. The standard InChI is InChI=1S/C14H17N3S.HI/c1-10-8-12(9-14(15)17(10)2)16-11-4-6-13(18-3)7-5-11;/h4-9H,1-3H3,(H2,15,16);1H. The average Bonchev–Trinajstić information content (AvgIpc) is 2.37. The van der Waals surface area contributed by atoms with Crippen LogP contribution in [0, 0.1) is 6.92 Å². The van der Waals surface area contributed by atoms with E-state index in [1.54, 1.807) is 11.8 Å². The minimum absolute atomic E-state index is 0. The number of pyridine rings is 1. The Kier molecular flexibility index (Phi) is 5.93. The van der Waals surface area contributed by atoms with Crippen molar-refractivity contribution in [1.29, 1.82) is 0 Å². The minimum atomic E-state index is 0. The van der Waals surface area contributed by atoms with Crippen LogP contribution >= 0.6 is 11.8 Å². The quantitative estimate of drug-likeness (QED) is 0.438. The van der Waals surface area contributed by atoms with Crippen LogP contribution in [0.3, 0.4) is 0 Å². The number of hydrogen-bond donors (Lipinski definition) is 2. The largest absolute Gasteiger partial charge is 1.00 e. The number of thioether (sulfide) groups is 1. The highest BCUT2D eigenvalue weighted by molar-refractivity contribution is 7.98. The third-order valence-corrected chi connectivity index (χ3v) is 3.71. The molecule has 0 fully saturated rings. The summed E-state index contributed by atoms with van der Waals surface area (Å²) in [6.07, 6.45) is 2.07. The lowest BCUT2D eigenvalue weighted by molar-refractivity contribution is -0.663. The molecule has 0 saturated heterocycles. The number of anilines is 3. The van der Waals surface area contributed by atoms with Crippen molar-refractivity contribution < 1.29 is 28.5 Å². The third kappa shape index (κ3) is 4.01. The molecule has 1 heterocycles. The number of nitrogen functional groups attached to an aromatic ring is 1. The van der Waals surface area contributed by atoms with Crippen molar-refractivity contribution in [3.05, 3.63) is 42.1 Å². The minimum Gasteiger partial charge on any atom is -1.00 e. The van der Waals surface area contributed by atoms with E-state index in [0.717, 1.165) is 22.9 Å². The SMILES string of the molecule is CSc1ccc(Nc2cc(C)[n+](C)c(N)c2)cc1.[I-]. The maximum Gasteiger partial charge on any atom is 0.274 e. The first-order valence-corrected chi connectivity index (χ1v) is 7.00. The van der Waals surface area contributed by atoms with Gasteiger partial charge in [-0.1, -0.05) is 0 Å². The fourth-order valence-corrected chi connectivity index (χ4v) is 2.14. The molecule has 0 unspecified atom stereocenters. The van der Waals surface area contributed by atoms with E-state index in [9.17, 15) is 0 Å². The predicted molar refractivity (Wildman–Crippen MR) is 78.3 cm³/mol. The number of rotatable bonds is 3. The normalized spacial score (nSPS) is 9.84. The molecule has 19 heavy (non-hydrogen) atoms. The van der Waals surface area contributed by atoms with Crippen molar-refractivity contribution in [2.75, 3.05) is 17.3 Å². The number of aryl methyl sites for hydroxylation is 1. The molecule has 0 aliphatic carbocycles. The highest BCUT2D eigenvalue weighted by atomic mass is 127. The Morgan fingerprint density at radius 3 is 2.26 bits per heavy atom. The monoisotopic (exact) mass is 387 g/mol. The summed E-state index contributed by atoms with van der Waals surface area (Å²) in [5.41, 5.74) is 9.15. The maximum absolute atomic E-state index is 5.94. The number of nitrogens with two attached hydrogens (primary N) is 1. The van der Waals surface area contributed by atoms with Crippen LogP contribution in [0.25, 0.3) is 0 Å². The number of nitrogens with zero attached hydrogens (tertiary/aromatic N) is 1. The van der Waals surface area contributed by atoms with Gasteiger partial charge in [0.05, 0.1) is 18.8 Å². The molecule has 0 aliphatic heterocycles. The van der Waals surface area contributed by atoms with Gasteiger partial charge in [-0.3, -0.25) is 5.73 Å². The fraction of sp³-hybridized carbons (Fsp3) is 0.214. The van der Waals surface area contributed by atoms with Crippen LogP contribution in [-0.4, -0.2) is 6.26 Å². The summed E-state index contributed by atoms with van der Waals surface area (Å²) in [5, 5.41) is 3.36. The fourth-order valence-electron chi connectivity index (χ4n) is 1.74. The van der Waals surface area contributed by atoms with Crippen molar-refractivity contribution in [3.63, 3.8) is 0 Å². The van der Waals surface area contributed by atoms with E-state index in [0.29, 0.717) is 0 Å². The second-order valence-electron chi connectivity index (χ2n) is 4.22. The van der Waals surface area contributed by atoms with Gasteiger partial charge in [0.15, 0.2) is 0 Å². The summed E-state index contributed by atoms with van der Waals surface area (Å²) in [6.45, 7) is 2.04. The lowest BCUT2D eigenvalue weighted by atomic mass is 10.2. The zero-order chi connectivity index (χ0) is 13.1. The zero-order valence-electron chi connectivity index (χ0n) is 11.3. The molecule has 0 amide bonds. The molecule has 3 N–H and O–H groups in total. The van der Waals surface area contributed by atoms with Gasteiger partial charge in [-0.25, -0.2) is 4.57 Å². The zero-order valence-corrected chi connectivity index (χ0v) is 14.2. The van der Waals surface area contributed by atoms with Crippen LogP contribution in [0.5, 0.6) is 0 Å². The summed E-state index contributed by atoms with van der Waals surface area (Å²) >= 11 is 1.74. The van der Waals surface area contributed by atoms with Gasteiger partial charge in [0, 0.05) is 16.6 Å². The number of halogens is 1. The summed E-state index contributed by atoms with van der Waals surface area (Å²) < 4.78 is 1.96. The summed E-state index contributed by atoms with van der Waals surface area (Å²) in [6, 6.07) is 12.4. The van der Waals surface area contributed by atoms with Gasteiger partial charge in [0.2, 0.25) is 0 Å². The lowest BCUT2D eigenvalue weighted by Gasteiger charge is -2.09. The molecule has 2 rings (SSSR count). The molecular weight excluding hydrogens is 369 g/mol. The van der Waals surface area contributed by atoms with E-state index in [1.165, 1.54) is 4.90 Å². The van der Waals surface area contributed by atoms with Crippen LogP contribution in [0.15, 0.2) is 41.3 Å². The van der Waals surface area contributed by atoms with E-state index in [-0.39, 0.29) is 24.0 Å². The highest BCUT2D eigenvalue weighted by Gasteiger charge is 2.06. The molecule has 0 spiro atoms. The van der Waals surface area contributed by atoms with Crippen LogP contribution in [-0.2, 0) is 7.05 Å². The smallest absolute Gasteiger partial charge is 0.274 e.